The van der Waals surface area contributed by atoms with E-state index in [1.807, 2.05) is 47.7 Å². The van der Waals surface area contributed by atoms with Crippen LogP contribution in [0.1, 0.15) is 36.1 Å². The van der Waals surface area contributed by atoms with Crippen molar-refractivity contribution in [1.29, 1.82) is 0 Å². The molecule has 1 aromatic carbocycles. The van der Waals surface area contributed by atoms with Gasteiger partial charge in [0.2, 0.25) is 5.91 Å². The first-order valence-electron chi connectivity index (χ1n) is 8.37. The van der Waals surface area contributed by atoms with Crippen molar-refractivity contribution in [1.82, 2.24) is 19.7 Å². The number of piperidine rings is 1. The Bertz CT molecular complexity index is 708. The van der Waals surface area contributed by atoms with Gasteiger partial charge in [0.25, 0.3) is 0 Å². The smallest absolute Gasteiger partial charge is 0.227 e. The van der Waals surface area contributed by atoms with Crippen LogP contribution in [0.4, 0.5) is 0 Å². The van der Waals surface area contributed by atoms with Gasteiger partial charge in [-0.15, -0.1) is 0 Å². The Kier molecular flexibility index (Phi) is 4.83. The average molecular weight is 328 g/mol. The Morgan fingerprint density at radius 3 is 2.67 bits per heavy atom. The highest BCUT2D eigenvalue weighted by atomic mass is 16.5. The third-order valence-corrected chi connectivity index (χ3v) is 4.52. The molecule has 128 valence electrons. The van der Waals surface area contributed by atoms with Crippen molar-refractivity contribution in [3.05, 3.63) is 41.5 Å². The molecule has 0 N–H and O–H groups in total. The van der Waals surface area contributed by atoms with Gasteiger partial charge in [-0.3, -0.25) is 4.79 Å². The van der Waals surface area contributed by atoms with E-state index in [1.54, 1.807) is 7.11 Å². The molecule has 2 heterocycles. The first kappa shape index (κ1) is 16.5. The number of aromatic nitrogens is 3. The summed E-state index contributed by atoms with van der Waals surface area (Å²) in [7, 11) is 1.64. The van der Waals surface area contributed by atoms with Gasteiger partial charge in [0.1, 0.15) is 17.4 Å². The highest BCUT2D eigenvalue weighted by Crippen LogP contribution is 2.23. The van der Waals surface area contributed by atoms with Gasteiger partial charge in [-0.25, -0.2) is 9.67 Å². The van der Waals surface area contributed by atoms with Crippen LogP contribution in [0.2, 0.25) is 0 Å². The van der Waals surface area contributed by atoms with Gasteiger partial charge in [0.05, 0.1) is 19.6 Å². The molecule has 0 unspecified atom stereocenters. The van der Waals surface area contributed by atoms with E-state index < -0.39 is 0 Å². The zero-order valence-electron chi connectivity index (χ0n) is 14.5. The Morgan fingerprint density at radius 2 is 2.04 bits per heavy atom. The second-order valence-corrected chi connectivity index (χ2v) is 6.31. The quantitative estimate of drug-likeness (QED) is 0.864. The SMILES string of the molecule is COc1ccc(CC(=O)N2CCC[C@H](n3nc(C)nc3C)C2)cc1. The van der Waals surface area contributed by atoms with Crippen LogP contribution in [-0.2, 0) is 11.2 Å². The molecule has 1 saturated heterocycles. The molecule has 0 bridgehead atoms. The van der Waals surface area contributed by atoms with Crippen molar-refractivity contribution < 1.29 is 9.53 Å². The summed E-state index contributed by atoms with van der Waals surface area (Å²) in [5, 5.41) is 4.48. The van der Waals surface area contributed by atoms with Crippen LogP contribution in [-0.4, -0.2) is 45.8 Å². The predicted molar refractivity (Wildman–Crippen MR) is 91.0 cm³/mol. The van der Waals surface area contributed by atoms with Gasteiger partial charge >= 0.3 is 0 Å². The predicted octanol–water partition coefficient (Wildman–Crippen LogP) is 2.31. The molecule has 1 aliphatic heterocycles. The van der Waals surface area contributed by atoms with E-state index in [2.05, 4.69) is 10.1 Å². The van der Waals surface area contributed by atoms with E-state index in [1.165, 1.54) is 0 Å². The molecule has 6 nitrogen and oxygen atoms in total. The number of nitrogens with zero attached hydrogens (tertiary/aromatic N) is 4. The van der Waals surface area contributed by atoms with Gasteiger partial charge in [-0.2, -0.15) is 5.10 Å². The summed E-state index contributed by atoms with van der Waals surface area (Å²) in [6, 6.07) is 7.90. The number of carbonyl (C=O) groups excluding carboxylic acids is 1. The van der Waals surface area contributed by atoms with E-state index in [0.29, 0.717) is 13.0 Å². The number of amides is 1. The van der Waals surface area contributed by atoms with Crippen molar-refractivity contribution in [3.8, 4) is 5.75 Å². The number of rotatable bonds is 4. The lowest BCUT2D eigenvalue weighted by Crippen LogP contribution is -2.41. The minimum absolute atomic E-state index is 0.166. The third kappa shape index (κ3) is 3.58. The third-order valence-electron chi connectivity index (χ3n) is 4.52. The van der Waals surface area contributed by atoms with Gasteiger partial charge < -0.3 is 9.64 Å². The monoisotopic (exact) mass is 328 g/mol. The van der Waals surface area contributed by atoms with Crippen molar-refractivity contribution in [2.75, 3.05) is 20.2 Å². The Labute approximate surface area is 142 Å². The van der Waals surface area contributed by atoms with Crippen LogP contribution in [0, 0.1) is 13.8 Å². The van der Waals surface area contributed by atoms with Gasteiger partial charge in [0.15, 0.2) is 0 Å². The fourth-order valence-corrected chi connectivity index (χ4v) is 3.29. The second kappa shape index (κ2) is 7.03. The summed E-state index contributed by atoms with van der Waals surface area (Å²) in [6.45, 7) is 5.40. The van der Waals surface area contributed by atoms with Crippen LogP contribution in [0.15, 0.2) is 24.3 Å². The van der Waals surface area contributed by atoms with Crippen LogP contribution >= 0.6 is 0 Å². The molecule has 0 radical (unpaired) electrons. The topological polar surface area (TPSA) is 60.2 Å². The molecule has 3 rings (SSSR count). The van der Waals surface area contributed by atoms with Gasteiger partial charge in [-0.1, -0.05) is 12.1 Å². The molecule has 0 aliphatic carbocycles. The van der Waals surface area contributed by atoms with Crippen molar-refractivity contribution >= 4 is 5.91 Å². The molecule has 2 aromatic rings. The molecule has 6 heteroatoms. The van der Waals surface area contributed by atoms with Crippen LogP contribution < -0.4 is 4.74 Å². The summed E-state index contributed by atoms with van der Waals surface area (Å²) < 4.78 is 7.13. The molecule has 1 fully saturated rings. The normalized spacial score (nSPS) is 17.8. The molecule has 0 saturated carbocycles. The molecule has 1 aliphatic rings. The zero-order valence-corrected chi connectivity index (χ0v) is 14.5. The maximum atomic E-state index is 12.6. The Balaban J connectivity index is 1.65. The number of likely N-dealkylation sites (tertiary alicyclic amines) is 1. The highest BCUT2D eigenvalue weighted by molar-refractivity contribution is 5.79. The lowest BCUT2D eigenvalue weighted by atomic mass is 10.0. The minimum Gasteiger partial charge on any atom is -0.497 e. The van der Waals surface area contributed by atoms with E-state index in [4.69, 9.17) is 4.74 Å². The largest absolute Gasteiger partial charge is 0.497 e. The van der Waals surface area contributed by atoms with Gasteiger partial charge in [0, 0.05) is 13.1 Å². The molecule has 24 heavy (non-hydrogen) atoms. The minimum atomic E-state index is 0.166. The molecular formula is C18H24N4O2. The summed E-state index contributed by atoms with van der Waals surface area (Å²) in [5.74, 6) is 2.68. The van der Waals surface area contributed by atoms with Gasteiger partial charge in [-0.05, 0) is 44.4 Å². The molecule has 1 aromatic heterocycles. The van der Waals surface area contributed by atoms with E-state index in [0.717, 1.165) is 42.3 Å². The van der Waals surface area contributed by atoms with Crippen LogP contribution in [0.5, 0.6) is 5.75 Å². The number of methoxy groups -OCH3 is 1. The lowest BCUT2D eigenvalue weighted by molar-refractivity contribution is -0.132. The number of ether oxygens (including phenoxy) is 1. The molecule has 1 amide bonds. The summed E-state index contributed by atoms with van der Waals surface area (Å²) in [4.78, 5) is 19.0. The fourth-order valence-electron chi connectivity index (χ4n) is 3.29. The Hall–Kier alpha value is -2.37. The summed E-state index contributed by atoms with van der Waals surface area (Å²) in [5.41, 5.74) is 1.01. The number of hydrogen-bond acceptors (Lipinski definition) is 4. The van der Waals surface area contributed by atoms with E-state index in [9.17, 15) is 4.79 Å². The number of benzene rings is 1. The maximum absolute atomic E-state index is 12.6. The summed E-state index contributed by atoms with van der Waals surface area (Å²) in [6.07, 6.45) is 2.46. The standard InChI is InChI=1S/C18H24N4O2/c1-13-19-14(2)22(20-13)16-5-4-10-21(12-16)18(23)11-15-6-8-17(24-3)9-7-15/h6-9,16H,4-5,10-12H2,1-3H3/t16-/m0/s1. The Morgan fingerprint density at radius 1 is 1.29 bits per heavy atom. The first-order valence-corrected chi connectivity index (χ1v) is 8.37. The molecule has 1 atom stereocenters. The molecular weight excluding hydrogens is 304 g/mol. The van der Waals surface area contributed by atoms with Crippen molar-refractivity contribution in [2.24, 2.45) is 0 Å². The molecule has 0 spiro atoms. The summed E-state index contributed by atoms with van der Waals surface area (Å²) >= 11 is 0. The maximum Gasteiger partial charge on any atom is 0.227 e. The van der Waals surface area contributed by atoms with Crippen molar-refractivity contribution in [2.45, 2.75) is 39.2 Å². The highest BCUT2D eigenvalue weighted by Gasteiger charge is 2.26. The fraction of sp³-hybridized carbons (Fsp3) is 0.500. The first-order chi connectivity index (χ1) is 11.6. The van der Waals surface area contributed by atoms with Crippen molar-refractivity contribution in [3.63, 3.8) is 0 Å². The van der Waals surface area contributed by atoms with E-state index in [-0.39, 0.29) is 11.9 Å². The number of aryl methyl sites for hydroxylation is 2. The van der Waals surface area contributed by atoms with E-state index >= 15 is 0 Å². The van der Waals surface area contributed by atoms with Crippen LogP contribution in [0.3, 0.4) is 0 Å². The average Bonchev–Trinajstić information content (AvgIpc) is 2.94. The second-order valence-electron chi connectivity index (χ2n) is 6.31. The number of hydrogen-bond donors (Lipinski definition) is 0. The zero-order chi connectivity index (χ0) is 17.1. The lowest BCUT2D eigenvalue weighted by Gasteiger charge is -2.33. The number of carbonyl (C=O) groups is 1. The van der Waals surface area contributed by atoms with Crippen LogP contribution in [0.25, 0.3) is 0 Å².